The highest BCUT2D eigenvalue weighted by atomic mass is 32.1. The van der Waals surface area contributed by atoms with Gasteiger partial charge in [-0.1, -0.05) is 13.0 Å². The number of hydrogen-bond acceptors (Lipinski definition) is 6. The van der Waals surface area contributed by atoms with Crippen LogP contribution in [0, 0.1) is 23.0 Å². The molecule has 1 aromatic carbocycles. The maximum absolute atomic E-state index is 13.0. The minimum absolute atomic E-state index is 0.106. The number of aromatic nitrogens is 2. The number of non-ortho nitro benzene ring substituents is 1. The molecule has 0 radical (unpaired) electrons. The molecule has 1 unspecified atom stereocenters. The first-order valence-electron chi connectivity index (χ1n) is 9.38. The zero-order chi connectivity index (χ0) is 20.7. The van der Waals surface area contributed by atoms with Crippen LogP contribution in [0.1, 0.15) is 29.3 Å². The Balaban J connectivity index is 1.61. The summed E-state index contributed by atoms with van der Waals surface area (Å²) in [4.78, 5) is 42.3. The number of anilines is 1. The third-order valence-corrected chi connectivity index (χ3v) is 6.46. The molecule has 2 aromatic heterocycles. The molecule has 150 valence electrons. The fourth-order valence-corrected chi connectivity index (χ4v) is 5.02. The van der Waals surface area contributed by atoms with Gasteiger partial charge in [-0.2, -0.15) is 0 Å². The first-order valence-corrected chi connectivity index (χ1v) is 10.2. The van der Waals surface area contributed by atoms with Crippen molar-refractivity contribution in [2.24, 2.45) is 5.92 Å². The van der Waals surface area contributed by atoms with Crippen molar-refractivity contribution in [2.45, 2.75) is 39.7 Å². The SMILES string of the molecule is Cc1ccc([N+](=O)[O-])cc1NC(=O)Cn1cnc2sc3c(c2c1=O)CCC(C)C3. The highest BCUT2D eigenvalue weighted by Gasteiger charge is 2.23. The first kappa shape index (κ1) is 19.3. The Morgan fingerprint density at radius 1 is 1.45 bits per heavy atom. The lowest BCUT2D eigenvalue weighted by Crippen LogP contribution is -2.28. The quantitative estimate of drug-likeness (QED) is 0.522. The lowest BCUT2D eigenvalue weighted by molar-refractivity contribution is -0.384. The number of carbonyl (C=O) groups is 1. The standard InChI is InChI=1S/C20H20N4O4S/c1-11-3-6-14-16(7-11)29-19-18(14)20(26)23(10-21-19)9-17(25)22-15-8-13(24(27)28)5-4-12(15)2/h4-5,8,10-11H,3,6-7,9H2,1-2H3,(H,22,25). The second-order valence-electron chi connectivity index (χ2n) is 7.51. The summed E-state index contributed by atoms with van der Waals surface area (Å²) in [5.41, 5.74) is 1.81. The maximum atomic E-state index is 13.0. The summed E-state index contributed by atoms with van der Waals surface area (Å²) in [5, 5.41) is 14.2. The molecule has 9 heteroatoms. The normalized spacial score (nSPS) is 15.9. The lowest BCUT2D eigenvalue weighted by atomic mass is 9.89. The molecule has 0 bridgehead atoms. The van der Waals surface area contributed by atoms with Gasteiger partial charge in [-0.05, 0) is 43.2 Å². The monoisotopic (exact) mass is 412 g/mol. The van der Waals surface area contributed by atoms with Crippen LogP contribution in [0.3, 0.4) is 0 Å². The van der Waals surface area contributed by atoms with Gasteiger partial charge in [0.05, 0.1) is 22.3 Å². The molecule has 0 spiro atoms. The molecule has 8 nitrogen and oxygen atoms in total. The number of nitrogens with one attached hydrogen (secondary N) is 1. The molecular formula is C20H20N4O4S. The van der Waals surface area contributed by atoms with Crippen molar-refractivity contribution in [3.05, 3.63) is 61.0 Å². The zero-order valence-corrected chi connectivity index (χ0v) is 16.9. The van der Waals surface area contributed by atoms with Gasteiger partial charge in [0.1, 0.15) is 11.4 Å². The summed E-state index contributed by atoms with van der Waals surface area (Å²) < 4.78 is 1.30. The second kappa shape index (κ2) is 7.40. The smallest absolute Gasteiger partial charge is 0.271 e. The molecule has 1 aliphatic carbocycles. The fraction of sp³-hybridized carbons (Fsp3) is 0.350. The molecule has 29 heavy (non-hydrogen) atoms. The molecule has 0 saturated carbocycles. The number of nitro benzene ring substituents is 1. The molecular weight excluding hydrogens is 392 g/mol. The van der Waals surface area contributed by atoms with E-state index in [9.17, 15) is 19.7 Å². The van der Waals surface area contributed by atoms with Crippen molar-refractivity contribution in [2.75, 3.05) is 5.32 Å². The zero-order valence-electron chi connectivity index (χ0n) is 16.1. The predicted molar refractivity (Wildman–Crippen MR) is 112 cm³/mol. The summed E-state index contributed by atoms with van der Waals surface area (Å²) >= 11 is 1.57. The molecule has 1 aliphatic rings. The highest BCUT2D eigenvalue weighted by Crippen LogP contribution is 2.35. The molecule has 1 atom stereocenters. The minimum atomic E-state index is -0.516. The van der Waals surface area contributed by atoms with Crippen LogP contribution < -0.4 is 10.9 Å². The Hall–Kier alpha value is -3.07. The lowest BCUT2D eigenvalue weighted by Gasteiger charge is -2.17. The number of benzene rings is 1. The fourth-order valence-electron chi connectivity index (χ4n) is 3.68. The van der Waals surface area contributed by atoms with Crippen molar-refractivity contribution in [1.82, 2.24) is 9.55 Å². The number of hydrogen-bond donors (Lipinski definition) is 1. The van der Waals surface area contributed by atoms with E-state index in [0.29, 0.717) is 22.6 Å². The molecule has 4 rings (SSSR count). The summed E-state index contributed by atoms with van der Waals surface area (Å²) in [6.45, 7) is 3.75. The largest absolute Gasteiger partial charge is 0.324 e. The Labute approximate surface area is 170 Å². The van der Waals surface area contributed by atoms with Crippen molar-refractivity contribution in [3.8, 4) is 0 Å². The van der Waals surface area contributed by atoms with Gasteiger partial charge in [0, 0.05) is 17.0 Å². The number of amides is 1. The van der Waals surface area contributed by atoms with E-state index < -0.39 is 10.8 Å². The third kappa shape index (κ3) is 3.65. The van der Waals surface area contributed by atoms with E-state index in [1.807, 2.05) is 0 Å². The van der Waals surface area contributed by atoms with Crippen LogP contribution in [0.15, 0.2) is 29.3 Å². The van der Waals surface area contributed by atoms with Crippen LogP contribution >= 0.6 is 11.3 Å². The van der Waals surface area contributed by atoms with Gasteiger partial charge in [-0.25, -0.2) is 4.98 Å². The van der Waals surface area contributed by atoms with Gasteiger partial charge in [-0.15, -0.1) is 11.3 Å². The van der Waals surface area contributed by atoms with E-state index in [1.165, 1.54) is 27.9 Å². The molecule has 1 N–H and O–H groups in total. The number of nitro groups is 1. The number of aryl methyl sites for hydroxylation is 2. The van der Waals surface area contributed by atoms with Crippen LogP contribution in [0.25, 0.3) is 10.2 Å². The van der Waals surface area contributed by atoms with E-state index in [-0.39, 0.29) is 17.8 Å². The Bertz CT molecular complexity index is 1200. The van der Waals surface area contributed by atoms with E-state index in [0.717, 1.165) is 29.7 Å². The summed E-state index contributed by atoms with van der Waals surface area (Å²) in [6.07, 6.45) is 4.26. The Morgan fingerprint density at radius 2 is 2.24 bits per heavy atom. The number of carbonyl (C=O) groups excluding carboxylic acids is 1. The summed E-state index contributed by atoms with van der Waals surface area (Å²) in [5.74, 6) is 0.163. The molecule has 0 aliphatic heterocycles. The van der Waals surface area contributed by atoms with E-state index in [1.54, 1.807) is 24.3 Å². The van der Waals surface area contributed by atoms with Crippen LogP contribution in [0.5, 0.6) is 0 Å². The average Bonchev–Trinajstić information content (AvgIpc) is 3.03. The predicted octanol–water partition coefficient (Wildman–Crippen LogP) is 3.44. The van der Waals surface area contributed by atoms with E-state index >= 15 is 0 Å². The van der Waals surface area contributed by atoms with Crippen LogP contribution in [-0.2, 0) is 24.2 Å². The van der Waals surface area contributed by atoms with Crippen molar-refractivity contribution < 1.29 is 9.72 Å². The van der Waals surface area contributed by atoms with Gasteiger partial charge in [0.15, 0.2) is 0 Å². The maximum Gasteiger partial charge on any atom is 0.271 e. The third-order valence-electron chi connectivity index (χ3n) is 5.30. The van der Waals surface area contributed by atoms with E-state index in [2.05, 4.69) is 17.2 Å². The van der Waals surface area contributed by atoms with Crippen LogP contribution in [0.4, 0.5) is 11.4 Å². The molecule has 0 saturated heterocycles. The van der Waals surface area contributed by atoms with Crippen molar-refractivity contribution in [1.29, 1.82) is 0 Å². The van der Waals surface area contributed by atoms with Gasteiger partial charge in [0.2, 0.25) is 5.91 Å². The van der Waals surface area contributed by atoms with Crippen LogP contribution in [-0.4, -0.2) is 20.4 Å². The van der Waals surface area contributed by atoms with Gasteiger partial charge in [-0.3, -0.25) is 24.3 Å². The van der Waals surface area contributed by atoms with E-state index in [4.69, 9.17) is 0 Å². The molecule has 2 heterocycles. The average molecular weight is 412 g/mol. The highest BCUT2D eigenvalue weighted by molar-refractivity contribution is 7.18. The minimum Gasteiger partial charge on any atom is -0.324 e. The first-order chi connectivity index (χ1) is 13.8. The number of fused-ring (bicyclic) bond motifs is 3. The van der Waals surface area contributed by atoms with Crippen molar-refractivity contribution in [3.63, 3.8) is 0 Å². The second-order valence-corrected chi connectivity index (χ2v) is 8.60. The van der Waals surface area contributed by atoms with Gasteiger partial charge >= 0.3 is 0 Å². The van der Waals surface area contributed by atoms with Gasteiger partial charge in [0.25, 0.3) is 11.2 Å². The van der Waals surface area contributed by atoms with Gasteiger partial charge < -0.3 is 5.32 Å². The molecule has 0 fully saturated rings. The molecule has 1 amide bonds. The summed E-state index contributed by atoms with van der Waals surface area (Å²) in [7, 11) is 0. The number of rotatable bonds is 4. The number of thiophene rings is 1. The van der Waals surface area contributed by atoms with Crippen LogP contribution in [0.2, 0.25) is 0 Å². The topological polar surface area (TPSA) is 107 Å². The molecule has 3 aromatic rings. The number of nitrogens with zero attached hydrogens (tertiary/aromatic N) is 3. The summed E-state index contributed by atoms with van der Waals surface area (Å²) in [6, 6.07) is 4.27. The van der Waals surface area contributed by atoms with Crippen molar-refractivity contribution >= 4 is 38.8 Å². The Kier molecular flexibility index (Phi) is 4.91. The Morgan fingerprint density at radius 3 is 3.00 bits per heavy atom.